The number of rotatable bonds is 3. The summed E-state index contributed by atoms with van der Waals surface area (Å²) in [6.45, 7) is 0. The minimum Gasteiger partial charge on any atom is -0.301 e. The van der Waals surface area contributed by atoms with Gasteiger partial charge in [0.2, 0.25) is 5.91 Å². The van der Waals surface area contributed by atoms with Crippen LogP contribution in [0.25, 0.3) is 0 Å². The second-order valence-electron chi connectivity index (χ2n) is 3.10. The number of carbonyl (C=O) groups excluding carboxylic acids is 1. The third-order valence-corrected chi connectivity index (χ3v) is 3.62. The lowest BCUT2D eigenvalue weighted by molar-refractivity contribution is -0.115. The SMILES string of the molecule is O=C(Nc1nccs1)[C@@H](Br)c1ccccc1. The molecule has 1 N–H and O–H groups in total. The Morgan fingerprint density at radius 1 is 1.38 bits per heavy atom. The van der Waals surface area contributed by atoms with Crippen molar-refractivity contribution in [2.24, 2.45) is 0 Å². The van der Waals surface area contributed by atoms with Gasteiger partial charge < -0.3 is 5.32 Å². The standard InChI is InChI=1S/C11H9BrN2OS/c12-9(8-4-2-1-3-5-8)10(15)14-11-13-6-7-16-11/h1-7,9H,(H,13,14,15)/t9-/m0/s1. The molecule has 0 saturated carbocycles. The van der Waals surface area contributed by atoms with Crippen molar-refractivity contribution in [3.8, 4) is 0 Å². The lowest BCUT2D eigenvalue weighted by Crippen LogP contribution is -2.16. The smallest absolute Gasteiger partial charge is 0.244 e. The molecule has 2 rings (SSSR count). The predicted molar refractivity (Wildman–Crippen MR) is 68.9 cm³/mol. The number of benzene rings is 1. The number of anilines is 1. The van der Waals surface area contributed by atoms with Crippen LogP contribution in [0.15, 0.2) is 41.9 Å². The minimum atomic E-state index is -0.349. The minimum absolute atomic E-state index is 0.110. The quantitative estimate of drug-likeness (QED) is 0.884. The van der Waals surface area contributed by atoms with Gasteiger partial charge in [0.15, 0.2) is 5.13 Å². The number of aromatic nitrogens is 1. The third-order valence-electron chi connectivity index (χ3n) is 1.98. The molecule has 3 nitrogen and oxygen atoms in total. The van der Waals surface area contributed by atoms with E-state index >= 15 is 0 Å². The van der Waals surface area contributed by atoms with E-state index in [1.807, 2.05) is 35.7 Å². The summed E-state index contributed by atoms with van der Waals surface area (Å²) in [7, 11) is 0. The normalized spacial score (nSPS) is 12.1. The molecule has 0 spiro atoms. The average Bonchev–Trinajstić information content (AvgIpc) is 2.82. The molecule has 0 saturated heterocycles. The highest BCUT2D eigenvalue weighted by Gasteiger charge is 2.17. The van der Waals surface area contributed by atoms with E-state index < -0.39 is 0 Å². The number of halogens is 1. The van der Waals surface area contributed by atoms with Gasteiger partial charge in [-0.15, -0.1) is 11.3 Å². The fourth-order valence-corrected chi connectivity index (χ4v) is 2.18. The van der Waals surface area contributed by atoms with Crippen LogP contribution in [0.5, 0.6) is 0 Å². The monoisotopic (exact) mass is 296 g/mol. The Labute approximate surface area is 106 Å². The second kappa shape index (κ2) is 5.23. The molecule has 82 valence electrons. The van der Waals surface area contributed by atoms with E-state index in [0.717, 1.165) is 5.56 Å². The zero-order chi connectivity index (χ0) is 11.4. The fourth-order valence-electron chi connectivity index (χ4n) is 1.23. The average molecular weight is 297 g/mol. The highest BCUT2D eigenvalue weighted by molar-refractivity contribution is 9.09. The zero-order valence-corrected chi connectivity index (χ0v) is 10.7. The van der Waals surface area contributed by atoms with E-state index in [1.165, 1.54) is 11.3 Å². The summed E-state index contributed by atoms with van der Waals surface area (Å²) in [5, 5.41) is 5.18. The summed E-state index contributed by atoms with van der Waals surface area (Å²) in [5.74, 6) is -0.110. The molecule has 0 radical (unpaired) electrons. The fraction of sp³-hybridized carbons (Fsp3) is 0.0909. The predicted octanol–water partition coefficient (Wildman–Crippen LogP) is 3.22. The molecular weight excluding hydrogens is 288 g/mol. The first-order valence-corrected chi connectivity index (χ1v) is 6.46. The Bertz CT molecular complexity index is 458. The van der Waals surface area contributed by atoms with Crippen molar-refractivity contribution < 1.29 is 4.79 Å². The van der Waals surface area contributed by atoms with Gasteiger partial charge in [-0.1, -0.05) is 46.3 Å². The molecule has 2 aromatic rings. The van der Waals surface area contributed by atoms with Crippen molar-refractivity contribution >= 4 is 38.3 Å². The van der Waals surface area contributed by atoms with Crippen LogP contribution in [0.1, 0.15) is 10.4 Å². The van der Waals surface area contributed by atoms with E-state index in [0.29, 0.717) is 5.13 Å². The maximum Gasteiger partial charge on any atom is 0.244 e. The Kier molecular flexibility index (Phi) is 3.69. The van der Waals surface area contributed by atoms with E-state index in [2.05, 4.69) is 26.2 Å². The van der Waals surface area contributed by atoms with Crippen molar-refractivity contribution in [1.82, 2.24) is 4.98 Å². The van der Waals surface area contributed by atoms with E-state index in [4.69, 9.17) is 0 Å². The molecule has 1 atom stereocenters. The van der Waals surface area contributed by atoms with Crippen molar-refractivity contribution in [3.63, 3.8) is 0 Å². The summed E-state index contributed by atoms with van der Waals surface area (Å²) < 4.78 is 0. The van der Waals surface area contributed by atoms with E-state index in [1.54, 1.807) is 6.20 Å². The number of nitrogens with zero attached hydrogens (tertiary/aromatic N) is 1. The lowest BCUT2D eigenvalue weighted by Gasteiger charge is -2.08. The molecule has 1 aromatic carbocycles. The highest BCUT2D eigenvalue weighted by Crippen LogP contribution is 2.24. The zero-order valence-electron chi connectivity index (χ0n) is 8.26. The molecule has 0 aliphatic rings. The van der Waals surface area contributed by atoms with Crippen molar-refractivity contribution in [2.45, 2.75) is 4.83 Å². The van der Waals surface area contributed by atoms with Crippen LogP contribution in [0, 0.1) is 0 Å². The van der Waals surface area contributed by atoms with Crippen molar-refractivity contribution in [1.29, 1.82) is 0 Å². The highest BCUT2D eigenvalue weighted by atomic mass is 79.9. The van der Waals surface area contributed by atoms with Crippen LogP contribution in [0.4, 0.5) is 5.13 Å². The van der Waals surface area contributed by atoms with Crippen LogP contribution in [-0.4, -0.2) is 10.9 Å². The first-order valence-electron chi connectivity index (χ1n) is 4.67. The van der Waals surface area contributed by atoms with Crippen LogP contribution in [0.3, 0.4) is 0 Å². The molecule has 16 heavy (non-hydrogen) atoms. The topological polar surface area (TPSA) is 42.0 Å². The maximum atomic E-state index is 11.8. The van der Waals surface area contributed by atoms with Crippen LogP contribution >= 0.6 is 27.3 Å². The molecule has 1 amide bonds. The lowest BCUT2D eigenvalue weighted by atomic mass is 10.1. The van der Waals surface area contributed by atoms with Crippen LogP contribution in [-0.2, 0) is 4.79 Å². The van der Waals surface area contributed by atoms with Gasteiger partial charge in [-0.3, -0.25) is 4.79 Å². The summed E-state index contributed by atoms with van der Waals surface area (Å²) in [4.78, 5) is 15.5. The van der Waals surface area contributed by atoms with Gasteiger partial charge in [0.1, 0.15) is 4.83 Å². The molecule has 1 aromatic heterocycles. The number of nitrogens with one attached hydrogen (secondary N) is 1. The molecule has 0 fully saturated rings. The summed E-state index contributed by atoms with van der Waals surface area (Å²) >= 11 is 4.76. The third kappa shape index (κ3) is 2.68. The van der Waals surface area contributed by atoms with Crippen LogP contribution in [0.2, 0.25) is 0 Å². The van der Waals surface area contributed by atoms with Crippen molar-refractivity contribution in [3.05, 3.63) is 47.5 Å². The molecular formula is C11H9BrN2OS. The summed E-state index contributed by atoms with van der Waals surface area (Å²) in [5.41, 5.74) is 0.927. The second-order valence-corrected chi connectivity index (χ2v) is 4.91. The van der Waals surface area contributed by atoms with Gasteiger partial charge in [0, 0.05) is 11.6 Å². The number of alkyl halides is 1. The Balaban J connectivity index is 2.05. The molecule has 0 unspecified atom stereocenters. The number of hydrogen-bond donors (Lipinski definition) is 1. The number of hydrogen-bond acceptors (Lipinski definition) is 3. The van der Waals surface area contributed by atoms with Gasteiger partial charge in [0.05, 0.1) is 0 Å². The van der Waals surface area contributed by atoms with Crippen molar-refractivity contribution in [2.75, 3.05) is 5.32 Å². The van der Waals surface area contributed by atoms with Crippen LogP contribution < -0.4 is 5.32 Å². The van der Waals surface area contributed by atoms with Gasteiger partial charge in [0.25, 0.3) is 0 Å². The summed E-state index contributed by atoms with van der Waals surface area (Å²) in [6.07, 6.45) is 1.66. The number of carbonyl (C=O) groups is 1. The molecule has 0 bridgehead atoms. The maximum absolute atomic E-state index is 11.8. The number of thiazole rings is 1. The Morgan fingerprint density at radius 2 is 2.12 bits per heavy atom. The van der Waals surface area contributed by atoms with E-state index in [9.17, 15) is 4.79 Å². The molecule has 0 aliphatic carbocycles. The van der Waals surface area contributed by atoms with Gasteiger partial charge >= 0.3 is 0 Å². The molecule has 1 heterocycles. The number of amides is 1. The first kappa shape index (κ1) is 11.3. The van der Waals surface area contributed by atoms with Gasteiger partial charge in [-0.05, 0) is 5.56 Å². The van der Waals surface area contributed by atoms with E-state index in [-0.39, 0.29) is 10.7 Å². The Hall–Kier alpha value is -1.20. The Morgan fingerprint density at radius 3 is 2.75 bits per heavy atom. The molecule has 0 aliphatic heterocycles. The summed E-state index contributed by atoms with van der Waals surface area (Å²) in [6, 6.07) is 9.53. The molecule has 5 heteroatoms. The largest absolute Gasteiger partial charge is 0.301 e. The van der Waals surface area contributed by atoms with Gasteiger partial charge in [-0.25, -0.2) is 4.98 Å². The van der Waals surface area contributed by atoms with Gasteiger partial charge in [-0.2, -0.15) is 0 Å². The first-order chi connectivity index (χ1) is 7.77.